The Balaban J connectivity index is 1.86. The van der Waals surface area contributed by atoms with Crippen LogP contribution >= 0.6 is 0 Å². The van der Waals surface area contributed by atoms with Crippen LogP contribution in [0, 0.1) is 0 Å². The average molecular weight is 328 g/mol. The number of rotatable bonds is 5. The number of carboxylic acids is 1. The number of aromatic carboxylic acids is 1. The monoisotopic (exact) mass is 328 g/mol. The highest BCUT2D eigenvalue weighted by atomic mass is 16.4. The number of pyridine rings is 1. The maximum Gasteiger partial charge on any atom is 0.336 e. The first-order valence-electron chi connectivity index (χ1n) is 8.50. The van der Waals surface area contributed by atoms with E-state index in [2.05, 4.69) is 33.6 Å². The van der Waals surface area contributed by atoms with E-state index in [4.69, 9.17) is 0 Å². The molecule has 0 aromatic carbocycles. The van der Waals surface area contributed by atoms with Gasteiger partial charge in [0.25, 0.3) is 0 Å². The molecule has 128 valence electrons. The van der Waals surface area contributed by atoms with Gasteiger partial charge in [0.05, 0.1) is 17.8 Å². The van der Waals surface area contributed by atoms with Crippen LogP contribution in [0.15, 0.2) is 24.7 Å². The summed E-state index contributed by atoms with van der Waals surface area (Å²) in [5.74, 6) is -0.909. The maximum atomic E-state index is 11.4. The summed E-state index contributed by atoms with van der Waals surface area (Å²) in [7, 11) is 2.15. The largest absolute Gasteiger partial charge is 0.478 e. The lowest BCUT2D eigenvalue weighted by atomic mass is 10.0. The zero-order chi connectivity index (χ0) is 17.1. The molecule has 3 heterocycles. The Morgan fingerprint density at radius 3 is 2.71 bits per heavy atom. The maximum absolute atomic E-state index is 11.4. The van der Waals surface area contributed by atoms with Gasteiger partial charge in [0, 0.05) is 24.5 Å². The summed E-state index contributed by atoms with van der Waals surface area (Å²) in [6, 6.07) is 2.00. The smallest absolute Gasteiger partial charge is 0.336 e. The van der Waals surface area contributed by atoms with Crippen LogP contribution < -0.4 is 0 Å². The fraction of sp³-hybridized carbons (Fsp3) is 0.500. The molecular formula is C18H24N4O2. The standard InChI is InChI=1S/C18H24N4O2/c1-3-17-14(10-13-11-19-7-4-16(13)18(23)24)12-20-22(17)15-5-8-21(2)9-6-15/h4,7,11-12,15H,3,5-6,8-10H2,1-2H3,(H,23,24). The Hall–Kier alpha value is -2.21. The number of carbonyl (C=O) groups is 1. The first-order chi connectivity index (χ1) is 11.6. The quantitative estimate of drug-likeness (QED) is 0.912. The molecule has 1 fully saturated rings. The molecule has 2 aromatic rings. The third-order valence-electron chi connectivity index (χ3n) is 4.87. The molecule has 0 radical (unpaired) electrons. The van der Waals surface area contributed by atoms with Crippen molar-refractivity contribution in [2.45, 2.75) is 38.6 Å². The number of piperidine rings is 1. The minimum Gasteiger partial charge on any atom is -0.478 e. The van der Waals surface area contributed by atoms with Crippen molar-refractivity contribution in [3.05, 3.63) is 47.0 Å². The van der Waals surface area contributed by atoms with E-state index in [1.165, 1.54) is 11.9 Å². The van der Waals surface area contributed by atoms with Crippen molar-refractivity contribution in [3.63, 3.8) is 0 Å². The predicted molar refractivity (Wildman–Crippen MR) is 91.4 cm³/mol. The van der Waals surface area contributed by atoms with E-state index in [1.54, 1.807) is 12.3 Å². The lowest BCUT2D eigenvalue weighted by Crippen LogP contribution is -2.32. The molecule has 1 N–H and O–H groups in total. The number of nitrogens with zero attached hydrogens (tertiary/aromatic N) is 4. The number of aromatic nitrogens is 3. The summed E-state index contributed by atoms with van der Waals surface area (Å²) < 4.78 is 2.17. The summed E-state index contributed by atoms with van der Waals surface area (Å²) in [6.45, 7) is 4.32. The van der Waals surface area contributed by atoms with E-state index < -0.39 is 5.97 Å². The van der Waals surface area contributed by atoms with Gasteiger partial charge in [-0.3, -0.25) is 9.67 Å². The second-order valence-electron chi connectivity index (χ2n) is 6.46. The second-order valence-corrected chi connectivity index (χ2v) is 6.46. The lowest BCUT2D eigenvalue weighted by molar-refractivity contribution is 0.0695. The third-order valence-corrected chi connectivity index (χ3v) is 4.87. The molecule has 3 rings (SSSR count). The normalized spacial score (nSPS) is 16.4. The van der Waals surface area contributed by atoms with Crippen molar-refractivity contribution in [1.82, 2.24) is 19.7 Å². The molecule has 0 unspecified atom stereocenters. The van der Waals surface area contributed by atoms with Crippen molar-refractivity contribution in [3.8, 4) is 0 Å². The Kier molecular flexibility index (Phi) is 4.94. The Bertz CT molecular complexity index is 718. The average Bonchev–Trinajstić information content (AvgIpc) is 2.98. The molecular weight excluding hydrogens is 304 g/mol. The minimum atomic E-state index is -0.909. The summed E-state index contributed by atoms with van der Waals surface area (Å²) in [5, 5.41) is 14.0. The summed E-state index contributed by atoms with van der Waals surface area (Å²) in [5.41, 5.74) is 3.37. The number of carboxylic acid groups (broad SMARTS) is 1. The van der Waals surface area contributed by atoms with Gasteiger partial charge in [-0.15, -0.1) is 0 Å². The topological polar surface area (TPSA) is 71.2 Å². The van der Waals surface area contributed by atoms with Gasteiger partial charge in [-0.05, 0) is 56.6 Å². The van der Waals surface area contributed by atoms with Crippen LogP contribution in [0.1, 0.15) is 53.0 Å². The van der Waals surface area contributed by atoms with E-state index >= 15 is 0 Å². The van der Waals surface area contributed by atoms with Crippen molar-refractivity contribution in [2.75, 3.05) is 20.1 Å². The first-order valence-corrected chi connectivity index (χ1v) is 8.50. The lowest BCUT2D eigenvalue weighted by Gasteiger charge is -2.30. The van der Waals surface area contributed by atoms with Gasteiger partial charge in [-0.25, -0.2) is 4.79 Å². The molecule has 6 heteroatoms. The molecule has 0 atom stereocenters. The van der Waals surface area contributed by atoms with Gasteiger partial charge in [0.1, 0.15) is 0 Å². The SMILES string of the molecule is CCc1c(Cc2cnccc2C(=O)O)cnn1C1CCN(C)CC1. The van der Waals surface area contributed by atoms with Gasteiger partial charge < -0.3 is 10.0 Å². The van der Waals surface area contributed by atoms with Crippen LogP contribution in [0.25, 0.3) is 0 Å². The van der Waals surface area contributed by atoms with Gasteiger partial charge in [0.2, 0.25) is 0 Å². The highest BCUT2D eigenvalue weighted by Gasteiger charge is 2.22. The van der Waals surface area contributed by atoms with Crippen molar-refractivity contribution in [2.24, 2.45) is 0 Å². The van der Waals surface area contributed by atoms with Crippen LogP contribution in [0.4, 0.5) is 0 Å². The van der Waals surface area contributed by atoms with E-state index in [0.717, 1.165) is 43.5 Å². The molecule has 0 spiro atoms. The van der Waals surface area contributed by atoms with Gasteiger partial charge in [0.15, 0.2) is 0 Å². The van der Waals surface area contributed by atoms with Crippen LogP contribution in [-0.4, -0.2) is 50.9 Å². The summed E-state index contributed by atoms with van der Waals surface area (Å²) in [4.78, 5) is 17.8. The van der Waals surface area contributed by atoms with Crippen molar-refractivity contribution >= 4 is 5.97 Å². The van der Waals surface area contributed by atoms with Gasteiger partial charge in [-0.2, -0.15) is 5.10 Å². The molecule has 0 saturated carbocycles. The Morgan fingerprint density at radius 2 is 2.04 bits per heavy atom. The minimum absolute atomic E-state index is 0.319. The van der Waals surface area contributed by atoms with Gasteiger partial charge >= 0.3 is 5.97 Å². The molecule has 0 bridgehead atoms. The molecule has 0 aliphatic carbocycles. The fourth-order valence-electron chi connectivity index (χ4n) is 3.50. The van der Waals surface area contributed by atoms with Gasteiger partial charge in [-0.1, -0.05) is 6.92 Å². The van der Waals surface area contributed by atoms with E-state index in [0.29, 0.717) is 18.0 Å². The molecule has 1 aliphatic rings. The number of likely N-dealkylation sites (tertiary alicyclic amines) is 1. The molecule has 24 heavy (non-hydrogen) atoms. The molecule has 0 amide bonds. The van der Waals surface area contributed by atoms with Crippen molar-refractivity contribution in [1.29, 1.82) is 0 Å². The summed E-state index contributed by atoms with van der Waals surface area (Å²) in [6.07, 6.45) is 8.74. The predicted octanol–water partition coefficient (Wildman–Crippen LogP) is 2.40. The number of hydrogen-bond acceptors (Lipinski definition) is 4. The Morgan fingerprint density at radius 1 is 1.29 bits per heavy atom. The van der Waals surface area contributed by atoms with Crippen molar-refractivity contribution < 1.29 is 9.90 Å². The highest BCUT2D eigenvalue weighted by molar-refractivity contribution is 5.89. The van der Waals surface area contributed by atoms with E-state index in [9.17, 15) is 9.90 Å². The molecule has 6 nitrogen and oxygen atoms in total. The third kappa shape index (κ3) is 3.33. The van der Waals surface area contributed by atoms with Crippen LogP contribution in [-0.2, 0) is 12.8 Å². The zero-order valence-corrected chi connectivity index (χ0v) is 14.3. The van der Waals surface area contributed by atoms with Crippen LogP contribution in [0.2, 0.25) is 0 Å². The van der Waals surface area contributed by atoms with E-state index in [-0.39, 0.29) is 0 Å². The summed E-state index contributed by atoms with van der Waals surface area (Å²) >= 11 is 0. The number of hydrogen-bond donors (Lipinski definition) is 1. The fourth-order valence-corrected chi connectivity index (χ4v) is 3.50. The zero-order valence-electron chi connectivity index (χ0n) is 14.3. The van der Waals surface area contributed by atoms with Crippen LogP contribution in [0.5, 0.6) is 0 Å². The first kappa shape index (κ1) is 16.6. The van der Waals surface area contributed by atoms with E-state index in [1.807, 2.05) is 6.20 Å². The second kappa shape index (κ2) is 7.13. The molecule has 1 aliphatic heterocycles. The van der Waals surface area contributed by atoms with Crippen LogP contribution in [0.3, 0.4) is 0 Å². The molecule has 2 aromatic heterocycles. The molecule has 1 saturated heterocycles. The highest BCUT2D eigenvalue weighted by Crippen LogP contribution is 2.26. The Labute approximate surface area is 142 Å².